The lowest BCUT2D eigenvalue weighted by atomic mass is 9.96. The predicted octanol–water partition coefficient (Wildman–Crippen LogP) is 4.45. The molecule has 24 heavy (non-hydrogen) atoms. The smallest absolute Gasteiger partial charge is 0.188 e. The van der Waals surface area contributed by atoms with Crippen molar-refractivity contribution in [2.75, 3.05) is 21.0 Å². The second kappa shape index (κ2) is 8.46. The van der Waals surface area contributed by atoms with Crippen LogP contribution >= 0.6 is 8.58 Å². The van der Waals surface area contributed by atoms with Gasteiger partial charge in [-0.25, -0.2) is 4.39 Å². The summed E-state index contributed by atoms with van der Waals surface area (Å²) in [7, 11) is 3.46. The Hall–Kier alpha value is -1.64. The molecule has 0 amide bonds. The van der Waals surface area contributed by atoms with Gasteiger partial charge in [0.1, 0.15) is 5.82 Å². The fraction of sp³-hybridized carbons (Fsp3) is 0.368. The van der Waals surface area contributed by atoms with Crippen LogP contribution in [0.3, 0.4) is 0 Å². The number of rotatable bonds is 8. The fourth-order valence-electron chi connectivity index (χ4n) is 2.58. The second-order valence-electron chi connectivity index (χ2n) is 5.68. The summed E-state index contributed by atoms with van der Waals surface area (Å²) in [6.45, 7) is 4.37. The van der Waals surface area contributed by atoms with Gasteiger partial charge < -0.3 is 14.2 Å². The van der Waals surface area contributed by atoms with Crippen LogP contribution in [0.1, 0.15) is 25.8 Å². The zero-order valence-corrected chi connectivity index (χ0v) is 15.6. The summed E-state index contributed by atoms with van der Waals surface area (Å²) in [5.74, 6) is 1.15. The van der Waals surface area contributed by atoms with Crippen LogP contribution in [0.2, 0.25) is 0 Å². The molecule has 0 spiro atoms. The van der Waals surface area contributed by atoms with E-state index in [9.17, 15) is 4.39 Å². The van der Waals surface area contributed by atoms with Gasteiger partial charge in [-0.15, -0.1) is 0 Å². The Bertz CT molecular complexity index is 677. The molecule has 2 unspecified atom stereocenters. The number of ether oxygens (including phenoxy) is 3. The molecule has 2 rings (SSSR count). The molecule has 0 bridgehead atoms. The van der Waals surface area contributed by atoms with E-state index < -0.39 is 0 Å². The minimum Gasteiger partial charge on any atom is -0.493 e. The summed E-state index contributed by atoms with van der Waals surface area (Å²) >= 11 is 0. The minimum atomic E-state index is -0.264. The van der Waals surface area contributed by atoms with E-state index in [1.165, 1.54) is 6.07 Å². The Morgan fingerprint density at radius 1 is 1.08 bits per heavy atom. The van der Waals surface area contributed by atoms with Gasteiger partial charge in [-0.1, -0.05) is 52.8 Å². The molecule has 130 valence electrons. The quantitative estimate of drug-likeness (QED) is 0.520. The summed E-state index contributed by atoms with van der Waals surface area (Å²) in [5.41, 5.74) is 1.00. The lowest BCUT2D eigenvalue weighted by Gasteiger charge is -2.31. The Morgan fingerprint density at radius 3 is 2.46 bits per heavy atom. The van der Waals surface area contributed by atoms with Crippen LogP contribution < -0.4 is 14.8 Å². The van der Waals surface area contributed by atoms with Gasteiger partial charge >= 0.3 is 0 Å². The molecule has 0 saturated heterocycles. The SMILES string of the molecule is CCC(C)(Pc1ccccc1F)c1cccc(OC)c1OCOC. The summed E-state index contributed by atoms with van der Waals surface area (Å²) in [6, 6.07) is 12.7. The maximum atomic E-state index is 14.2. The van der Waals surface area contributed by atoms with Gasteiger partial charge in [-0.3, -0.25) is 0 Å². The summed E-state index contributed by atoms with van der Waals surface area (Å²) < 4.78 is 30.4. The third kappa shape index (κ3) is 4.06. The normalized spacial score (nSPS) is 13.9. The van der Waals surface area contributed by atoms with E-state index >= 15 is 0 Å². The first kappa shape index (κ1) is 18.7. The Kier molecular flexibility index (Phi) is 6.59. The molecule has 0 radical (unpaired) electrons. The van der Waals surface area contributed by atoms with Gasteiger partial charge in [0.2, 0.25) is 0 Å². The van der Waals surface area contributed by atoms with Crippen LogP contribution in [0.25, 0.3) is 0 Å². The Labute approximate surface area is 144 Å². The van der Waals surface area contributed by atoms with E-state index in [4.69, 9.17) is 14.2 Å². The molecule has 0 aliphatic rings. The van der Waals surface area contributed by atoms with Gasteiger partial charge in [-0.05, 0) is 18.6 Å². The van der Waals surface area contributed by atoms with E-state index in [2.05, 4.69) is 13.8 Å². The standard InChI is InChI=1S/C19H24FO3P/c1-5-19(2,24-17-12-7-6-10-15(17)20)14-9-8-11-16(22-4)18(14)23-13-21-3/h6-12,24H,5,13H2,1-4H3. The van der Waals surface area contributed by atoms with Gasteiger partial charge in [-0.2, -0.15) is 0 Å². The maximum absolute atomic E-state index is 14.2. The highest BCUT2D eigenvalue weighted by Crippen LogP contribution is 2.49. The molecule has 0 saturated carbocycles. The average Bonchev–Trinajstić information content (AvgIpc) is 2.61. The first-order valence-electron chi connectivity index (χ1n) is 7.87. The lowest BCUT2D eigenvalue weighted by Crippen LogP contribution is -2.21. The van der Waals surface area contributed by atoms with Crippen LogP contribution in [0.15, 0.2) is 42.5 Å². The van der Waals surface area contributed by atoms with Crippen LogP contribution in [-0.2, 0) is 9.89 Å². The molecule has 0 heterocycles. The number of hydrogen-bond donors (Lipinski definition) is 0. The van der Waals surface area contributed by atoms with Crippen molar-refractivity contribution in [1.29, 1.82) is 0 Å². The highest BCUT2D eigenvalue weighted by atomic mass is 31.1. The number of halogens is 1. The molecular formula is C19H24FO3P. The first-order chi connectivity index (χ1) is 11.6. The third-order valence-corrected chi connectivity index (χ3v) is 5.96. The number of hydrogen-bond acceptors (Lipinski definition) is 3. The van der Waals surface area contributed by atoms with Crippen LogP contribution in [0, 0.1) is 5.82 Å². The van der Waals surface area contributed by atoms with Gasteiger partial charge in [0.15, 0.2) is 18.3 Å². The molecule has 3 nitrogen and oxygen atoms in total. The maximum Gasteiger partial charge on any atom is 0.188 e. The number of methoxy groups -OCH3 is 2. The van der Waals surface area contributed by atoms with Crippen molar-refractivity contribution >= 4 is 13.9 Å². The number of benzene rings is 2. The molecule has 0 fully saturated rings. The zero-order chi connectivity index (χ0) is 17.6. The molecule has 2 aromatic rings. The Balaban J connectivity index is 2.47. The van der Waals surface area contributed by atoms with Gasteiger partial charge in [0.05, 0.1) is 7.11 Å². The average molecular weight is 350 g/mol. The van der Waals surface area contributed by atoms with E-state index in [0.29, 0.717) is 11.5 Å². The van der Waals surface area contributed by atoms with Crippen molar-refractivity contribution in [2.45, 2.75) is 25.4 Å². The molecule has 5 heteroatoms. The van der Waals surface area contributed by atoms with Gasteiger partial charge in [0, 0.05) is 23.1 Å². The molecule has 0 aromatic heterocycles. The third-order valence-electron chi connectivity index (χ3n) is 4.11. The van der Waals surface area contributed by atoms with E-state index in [-0.39, 0.29) is 26.3 Å². The van der Waals surface area contributed by atoms with E-state index in [1.54, 1.807) is 20.3 Å². The highest BCUT2D eigenvalue weighted by Gasteiger charge is 2.31. The lowest BCUT2D eigenvalue weighted by molar-refractivity contribution is 0.0480. The summed E-state index contributed by atoms with van der Waals surface area (Å²) in [4.78, 5) is 0. The monoisotopic (exact) mass is 350 g/mol. The first-order valence-corrected chi connectivity index (χ1v) is 8.87. The largest absolute Gasteiger partial charge is 0.493 e. The minimum absolute atomic E-state index is 0.135. The van der Waals surface area contributed by atoms with Crippen LogP contribution in [0.5, 0.6) is 11.5 Å². The van der Waals surface area contributed by atoms with E-state index in [0.717, 1.165) is 17.3 Å². The predicted molar refractivity (Wildman–Crippen MR) is 97.5 cm³/mol. The molecular weight excluding hydrogens is 326 g/mol. The topological polar surface area (TPSA) is 27.7 Å². The van der Waals surface area contributed by atoms with Crippen molar-refractivity contribution in [3.8, 4) is 11.5 Å². The summed E-state index contributed by atoms with van der Waals surface area (Å²) in [5, 5.41) is 0.460. The van der Waals surface area contributed by atoms with Crippen molar-refractivity contribution < 1.29 is 18.6 Å². The second-order valence-corrected chi connectivity index (χ2v) is 7.57. The van der Waals surface area contributed by atoms with Crippen molar-refractivity contribution in [3.05, 3.63) is 53.8 Å². The molecule has 0 aliphatic carbocycles. The van der Waals surface area contributed by atoms with Crippen molar-refractivity contribution in [1.82, 2.24) is 0 Å². The van der Waals surface area contributed by atoms with Crippen LogP contribution in [-0.4, -0.2) is 21.0 Å². The molecule has 0 aliphatic heterocycles. The molecule has 2 atom stereocenters. The fourth-order valence-corrected chi connectivity index (χ4v) is 4.07. The summed E-state index contributed by atoms with van der Waals surface area (Å²) in [6.07, 6.45) is 0.844. The van der Waals surface area contributed by atoms with E-state index in [1.807, 2.05) is 30.3 Å². The highest BCUT2D eigenvalue weighted by molar-refractivity contribution is 7.48. The van der Waals surface area contributed by atoms with Crippen molar-refractivity contribution in [3.63, 3.8) is 0 Å². The zero-order valence-electron chi connectivity index (χ0n) is 14.6. The van der Waals surface area contributed by atoms with Crippen molar-refractivity contribution in [2.24, 2.45) is 0 Å². The van der Waals surface area contributed by atoms with Crippen LogP contribution in [0.4, 0.5) is 4.39 Å². The number of para-hydroxylation sites is 1. The Morgan fingerprint density at radius 2 is 1.83 bits per heavy atom. The molecule has 2 aromatic carbocycles. The molecule has 0 N–H and O–H groups in total. The van der Waals surface area contributed by atoms with Gasteiger partial charge in [0.25, 0.3) is 0 Å².